The molecule has 0 spiro atoms. The highest BCUT2D eigenvalue weighted by Gasteiger charge is 2.17. The van der Waals surface area contributed by atoms with Crippen molar-refractivity contribution in [1.29, 1.82) is 0 Å². The predicted molar refractivity (Wildman–Crippen MR) is 212 cm³/mol. The van der Waals surface area contributed by atoms with Crippen LogP contribution in [0.25, 0.3) is 76.5 Å². The smallest absolute Gasteiger partial charge is 0.127 e. The topological polar surface area (TPSA) is 28.3 Å². The lowest BCUT2D eigenvalue weighted by atomic mass is 10.1. The zero-order valence-corrected chi connectivity index (χ0v) is 28.0. The molecule has 0 fully saturated rings. The van der Waals surface area contributed by atoms with Crippen molar-refractivity contribution in [3.63, 3.8) is 0 Å². The van der Waals surface area contributed by atoms with Gasteiger partial charge in [0.2, 0.25) is 0 Å². The van der Waals surface area contributed by atoms with Crippen molar-refractivity contribution in [3.8, 4) is 22.9 Å². The first-order valence-corrected chi connectivity index (χ1v) is 17.6. The number of para-hydroxylation sites is 4. The molecular weight excluding hydrogens is 625 g/mol. The number of rotatable bonds is 8. The third-order valence-electron chi connectivity index (χ3n) is 10.2. The Morgan fingerprint density at radius 2 is 0.588 bits per heavy atom. The van der Waals surface area contributed by atoms with Gasteiger partial charge in [0.15, 0.2) is 0 Å². The van der Waals surface area contributed by atoms with Crippen LogP contribution in [0.2, 0.25) is 0 Å². The van der Waals surface area contributed by atoms with Gasteiger partial charge in [0.1, 0.15) is 11.5 Å². The maximum atomic E-state index is 6.45. The van der Waals surface area contributed by atoms with E-state index in [0.29, 0.717) is 13.2 Å². The molecule has 0 saturated heterocycles. The summed E-state index contributed by atoms with van der Waals surface area (Å²) in [4.78, 5) is 0. The average Bonchev–Trinajstić information content (AvgIpc) is 3.71. The van der Waals surface area contributed by atoms with E-state index in [-0.39, 0.29) is 0 Å². The van der Waals surface area contributed by atoms with E-state index in [9.17, 15) is 0 Å². The Kier molecular flexibility index (Phi) is 6.98. The minimum Gasteiger partial charge on any atom is -0.493 e. The van der Waals surface area contributed by atoms with E-state index in [4.69, 9.17) is 9.47 Å². The third-order valence-corrected chi connectivity index (χ3v) is 10.2. The number of hydrogen-bond acceptors (Lipinski definition) is 2. The molecule has 2 heterocycles. The summed E-state index contributed by atoms with van der Waals surface area (Å²) >= 11 is 0. The fraction of sp³-hybridized carbons (Fsp3) is 0.0638. The molecule has 51 heavy (non-hydrogen) atoms. The van der Waals surface area contributed by atoms with Gasteiger partial charge in [-0.1, -0.05) is 121 Å². The summed E-state index contributed by atoms with van der Waals surface area (Å²) in [7, 11) is 0. The average molecular weight is 659 g/mol. The van der Waals surface area contributed by atoms with Crippen molar-refractivity contribution in [2.24, 2.45) is 0 Å². The Labute approximate surface area is 295 Å². The zero-order valence-electron chi connectivity index (χ0n) is 28.0. The first-order chi connectivity index (χ1) is 25.3. The minimum absolute atomic E-state index is 0.552. The monoisotopic (exact) mass is 658 g/mol. The van der Waals surface area contributed by atoms with Crippen LogP contribution in [0.15, 0.2) is 170 Å². The quantitative estimate of drug-likeness (QED) is 0.152. The number of nitrogens with zero attached hydrogens (tertiary/aromatic N) is 2. The Balaban J connectivity index is 0.909. The summed E-state index contributed by atoms with van der Waals surface area (Å²) in [5.74, 6) is 1.77. The molecule has 10 aromatic rings. The van der Waals surface area contributed by atoms with Crippen molar-refractivity contribution in [2.45, 2.75) is 6.42 Å². The molecule has 0 radical (unpaired) electrons. The molecule has 0 atom stereocenters. The van der Waals surface area contributed by atoms with Gasteiger partial charge in [0.05, 0.1) is 46.7 Å². The van der Waals surface area contributed by atoms with Crippen LogP contribution in [0, 0.1) is 0 Å². The number of ether oxygens (including phenoxy) is 2. The summed E-state index contributed by atoms with van der Waals surface area (Å²) < 4.78 is 17.7. The third kappa shape index (κ3) is 4.75. The summed E-state index contributed by atoms with van der Waals surface area (Å²) in [6.07, 6.45) is 0.756. The van der Waals surface area contributed by atoms with Crippen LogP contribution in [0.3, 0.4) is 0 Å². The van der Waals surface area contributed by atoms with Gasteiger partial charge in [0.25, 0.3) is 0 Å². The van der Waals surface area contributed by atoms with E-state index in [2.05, 4.69) is 179 Å². The summed E-state index contributed by atoms with van der Waals surface area (Å²) in [6, 6.07) is 60.2. The molecule has 8 aromatic carbocycles. The first-order valence-electron chi connectivity index (χ1n) is 17.6. The first kappa shape index (κ1) is 29.4. The van der Waals surface area contributed by atoms with Gasteiger partial charge in [-0.2, -0.15) is 0 Å². The van der Waals surface area contributed by atoms with Gasteiger partial charge >= 0.3 is 0 Å². The van der Waals surface area contributed by atoms with Crippen molar-refractivity contribution in [1.82, 2.24) is 9.13 Å². The molecule has 0 aliphatic heterocycles. The number of benzene rings is 8. The highest BCUT2D eigenvalue weighted by atomic mass is 16.5. The van der Waals surface area contributed by atoms with Crippen LogP contribution < -0.4 is 9.47 Å². The molecule has 4 heteroatoms. The highest BCUT2D eigenvalue weighted by molar-refractivity contribution is 6.12. The van der Waals surface area contributed by atoms with Crippen LogP contribution in [0.1, 0.15) is 6.42 Å². The Morgan fingerprint density at radius 1 is 0.294 bits per heavy atom. The molecule has 10 rings (SSSR count). The summed E-state index contributed by atoms with van der Waals surface area (Å²) in [5, 5.41) is 9.55. The highest BCUT2D eigenvalue weighted by Crippen LogP contribution is 2.39. The van der Waals surface area contributed by atoms with Gasteiger partial charge in [-0.3, -0.25) is 0 Å². The largest absolute Gasteiger partial charge is 0.493 e. The predicted octanol–water partition coefficient (Wildman–Crippen LogP) is 12.0. The Hall–Kier alpha value is -6.52. The van der Waals surface area contributed by atoms with Crippen molar-refractivity contribution >= 4 is 65.2 Å². The zero-order chi connectivity index (χ0) is 33.7. The Bertz CT molecular complexity index is 2610. The second-order valence-corrected chi connectivity index (χ2v) is 13.0. The molecule has 2 aromatic heterocycles. The lowest BCUT2D eigenvalue weighted by molar-refractivity contribution is 0.250. The van der Waals surface area contributed by atoms with Crippen LogP contribution in [0.5, 0.6) is 11.5 Å². The van der Waals surface area contributed by atoms with Gasteiger partial charge < -0.3 is 18.6 Å². The molecule has 0 bridgehead atoms. The maximum absolute atomic E-state index is 6.45. The lowest BCUT2D eigenvalue weighted by Gasteiger charge is -2.16. The van der Waals surface area contributed by atoms with Gasteiger partial charge in [-0.15, -0.1) is 0 Å². The second kappa shape index (κ2) is 12.1. The van der Waals surface area contributed by atoms with E-state index < -0.39 is 0 Å². The molecule has 0 amide bonds. The van der Waals surface area contributed by atoms with Crippen molar-refractivity contribution in [3.05, 3.63) is 170 Å². The van der Waals surface area contributed by atoms with Crippen LogP contribution in [-0.2, 0) is 0 Å². The summed E-state index contributed by atoms with van der Waals surface area (Å²) in [5.41, 5.74) is 7.09. The number of fused-ring (bicyclic) bond motifs is 8. The molecule has 0 aliphatic carbocycles. The second-order valence-electron chi connectivity index (χ2n) is 13.0. The molecule has 0 unspecified atom stereocenters. The van der Waals surface area contributed by atoms with Crippen LogP contribution in [-0.4, -0.2) is 22.3 Å². The fourth-order valence-corrected chi connectivity index (χ4v) is 7.94. The standard InChI is InChI=1S/C47H34N2O2/c1-3-20-38-36(18-1)44(48-40-22-9-5-14-32(40)33-15-6-10-23-41(33)48)26-28-46(38)50-30-13-31-51-47-29-27-45(37-19-2-4-21-39(37)47)49-42-24-11-7-16-34(42)35-17-8-12-25-43(35)49/h1-12,14-29H,13,30-31H2. The van der Waals surface area contributed by atoms with Gasteiger partial charge in [-0.25, -0.2) is 0 Å². The van der Waals surface area contributed by atoms with E-state index >= 15 is 0 Å². The van der Waals surface area contributed by atoms with Crippen LogP contribution in [0.4, 0.5) is 0 Å². The van der Waals surface area contributed by atoms with E-state index in [1.807, 2.05) is 0 Å². The van der Waals surface area contributed by atoms with Crippen molar-refractivity contribution in [2.75, 3.05) is 13.2 Å². The van der Waals surface area contributed by atoms with Gasteiger partial charge in [0, 0.05) is 49.5 Å². The number of hydrogen-bond donors (Lipinski definition) is 0. The van der Waals surface area contributed by atoms with Crippen LogP contribution >= 0.6 is 0 Å². The molecule has 0 N–H and O–H groups in total. The van der Waals surface area contributed by atoms with Gasteiger partial charge in [-0.05, 0) is 48.5 Å². The Morgan fingerprint density at radius 3 is 0.941 bits per heavy atom. The molecule has 4 nitrogen and oxygen atoms in total. The van der Waals surface area contributed by atoms with E-state index in [1.54, 1.807) is 0 Å². The summed E-state index contributed by atoms with van der Waals surface area (Å²) in [6.45, 7) is 1.10. The molecular formula is C47H34N2O2. The fourth-order valence-electron chi connectivity index (χ4n) is 7.94. The SMILES string of the molecule is c1ccc2c(-n3c4ccccc4c4ccccc43)ccc(OCCCOc3ccc(-n4c5ccccc5c5ccccc54)c4ccccc34)c2c1. The lowest BCUT2D eigenvalue weighted by Crippen LogP contribution is -2.06. The molecule has 0 aliphatic rings. The normalized spacial score (nSPS) is 11.8. The van der Waals surface area contributed by atoms with Crippen molar-refractivity contribution < 1.29 is 9.47 Å². The van der Waals surface area contributed by atoms with E-state index in [1.165, 1.54) is 43.6 Å². The number of aromatic nitrogens is 2. The molecule has 244 valence electrons. The maximum Gasteiger partial charge on any atom is 0.127 e. The molecule has 0 saturated carbocycles. The van der Waals surface area contributed by atoms with E-state index in [0.717, 1.165) is 50.8 Å². The minimum atomic E-state index is 0.552.